The summed E-state index contributed by atoms with van der Waals surface area (Å²) in [6.07, 6.45) is 2.08. The van der Waals surface area contributed by atoms with Crippen molar-refractivity contribution < 1.29 is 4.79 Å². The number of hydrazine groups is 1. The molecule has 1 aliphatic heterocycles. The molecule has 0 saturated carbocycles. The van der Waals surface area contributed by atoms with Gasteiger partial charge >= 0.3 is 0 Å². The van der Waals surface area contributed by atoms with Crippen molar-refractivity contribution >= 4 is 52.1 Å². The molecule has 4 rings (SSSR count). The molecule has 0 radical (unpaired) electrons. The lowest BCUT2D eigenvalue weighted by molar-refractivity contribution is -0.130. The summed E-state index contributed by atoms with van der Waals surface area (Å²) in [6, 6.07) is 23.2. The molecule has 0 atom stereocenters. The minimum Gasteiger partial charge on any atom is -0.273 e. The van der Waals surface area contributed by atoms with Crippen molar-refractivity contribution in [3.05, 3.63) is 105 Å². The Morgan fingerprint density at radius 1 is 0.906 bits per heavy atom. The van der Waals surface area contributed by atoms with Gasteiger partial charge in [-0.25, -0.2) is 10.0 Å². The number of anilines is 1. The van der Waals surface area contributed by atoms with Crippen LogP contribution in [0.1, 0.15) is 30.9 Å². The third-order valence-electron chi connectivity index (χ3n) is 5.49. The van der Waals surface area contributed by atoms with Crippen molar-refractivity contribution in [3.63, 3.8) is 0 Å². The van der Waals surface area contributed by atoms with E-state index in [1.165, 1.54) is 5.56 Å². The van der Waals surface area contributed by atoms with Crippen LogP contribution in [0.3, 0.4) is 0 Å². The molecule has 0 N–H and O–H groups in total. The maximum absolute atomic E-state index is 13.3. The van der Waals surface area contributed by atoms with E-state index in [0.717, 1.165) is 29.7 Å². The van der Waals surface area contributed by atoms with Crippen LogP contribution in [0.5, 0.6) is 0 Å². The molecule has 0 bridgehead atoms. The van der Waals surface area contributed by atoms with Crippen LogP contribution in [0.25, 0.3) is 5.70 Å². The molecule has 0 saturated heterocycles. The number of rotatable bonds is 6. The number of benzene rings is 3. The fraction of sp³-hybridized carbons (Fsp3) is 0.192. The number of hydrogen-bond donors (Lipinski definition) is 0. The molecular formula is C26H23Cl3N2O. The summed E-state index contributed by atoms with van der Waals surface area (Å²) in [4.78, 5) is 13.3. The first-order chi connectivity index (χ1) is 15.4. The maximum atomic E-state index is 13.3. The summed E-state index contributed by atoms with van der Waals surface area (Å²) in [5.41, 5.74) is 4.93. The molecule has 0 aliphatic carbocycles. The minimum absolute atomic E-state index is 0.0512. The molecule has 1 amide bonds. The van der Waals surface area contributed by atoms with Crippen molar-refractivity contribution in [1.29, 1.82) is 0 Å². The second kappa shape index (κ2) is 9.99. The highest BCUT2D eigenvalue weighted by atomic mass is 35.5. The summed E-state index contributed by atoms with van der Waals surface area (Å²) < 4.78 is 0. The van der Waals surface area contributed by atoms with Crippen molar-refractivity contribution in [1.82, 2.24) is 5.01 Å². The standard InChI is InChI=1S/C26H23Cl3N2O/c1-18-17-30(25(32)9-5-8-19-6-3-2-4-7-19)31(24-15-14-22(28)16-23(24)29)26(18)20-10-12-21(27)13-11-20/h2-4,6-7,10-16H,5,8-9,17H2,1H3. The van der Waals surface area contributed by atoms with Crippen LogP contribution >= 0.6 is 34.8 Å². The molecule has 1 aliphatic rings. The van der Waals surface area contributed by atoms with E-state index < -0.39 is 0 Å². The molecule has 164 valence electrons. The molecule has 0 fully saturated rings. The highest BCUT2D eigenvalue weighted by Gasteiger charge is 2.34. The fourth-order valence-corrected chi connectivity index (χ4v) is 4.58. The number of carbonyl (C=O) groups excluding carboxylic acids is 1. The van der Waals surface area contributed by atoms with Crippen molar-refractivity contribution in [2.45, 2.75) is 26.2 Å². The van der Waals surface area contributed by atoms with Gasteiger partial charge in [-0.2, -0.15) is 0 Å². The minimum atomic E-state index is 0.0512. The maximum Gasteiger partial charge on any atom is 0.241 e. The van der Waals surface area contributed by atoms with E-state index in [0.29, 0.717) is 33.7 Å². The van der Waals surface area contributed by atoms with Gasteiger partial charge in [0.25, 0.3) is 0 Å². The van der Waals surface area contributed by atoms with Gasteiger partial charge in [-0.05, 0) is 61.2 Å². The number of nitrogens with zero attached hydrogens (tertiary/aromatic N) is 2. The lowest BCUT2D eigenvalue weighted by atomic mass is 10.1. The number of hydrogen-bond acceptors (Lipinski definition) is 2. The second-order valence-electron chi connectivity index (χ2n) is 7.83. The van der Waals surface area contributed by atoms with E-state index in [2.05, 4.69) is 12.1 Å². The van der Waals surface area contributed by atoms with Crippen LogP contribution < -0.4 is 5.01 Å². The summed E-state index contributed by atoms with van der Waals surface area (Å²) in [5, 5.41) is 5.39. The highest BCUT2D eigenvalue weighted by molar-refractivity contribution is 6.36. The first-order valence-corrected chi connectivity index (χ1v) is 11.6. The van der Waals surface area contributed by atoms with Crippen LogP contribution in [-0.2, 0) is 11.2 Å². The Morgan fingerprint density at radius 3 is 2.28 bits per heavy atom. The van der Waals surface area contributed by atoms with E-state index >= 15 is 0 Å². The van der Waals surface area contributed by atoms with Crippen LogP contribution in [-0.4, -0.2) is 17.5 Å². The van der Waals surface area contributed by atoms with Gasteiger partial charge in [0.2, 0.25) is 5.91 Å². The van der Waals surface area contributed by atoms with E-state index in [1.54, 1.807) is 17.1 Å². The molecule has 0 aromatic heterocycles. The van der Waals surface area contributed by atoms with Crippen LogP contribution in [0.2, 0.25) is 15.1 Å². The predicted molar refractivity (Wildman–Crippen MR) is 134 cm³/mol. The molecule has 3 nitrogen and oxygen atoms in total. The highest BCUT2D eigenvalue weighted by Crippen LogP contribution is 2.40. The Balaban J connectivity index is 1.62. The van der Waals surface area contributed by atoms with E-state index in [-0.39, 0.29) is 5.91 Å². The quantitative estimate of drug-likeness (QED) is 0.358. The van der Waals surface area contributed by atoms with Gasteiger partial charge < -0.3 is 0 Å². The van der Waals surface area contributed by atoms with Gasteiger partial charge in [-0.15, -0.1) is 0 Å². The number of aryl methyl sites for hydroxylation is 1. The second-order valence-corrected chi connectivity index (χ2v) is 9.11. The zero-order valence-corrected chi connectivity index (χ0v) is 20.0. The van der Waals surface area contributed by atoms with Gasteiger partial charge in [0.1, 0.15) is 0 Å². The summed E-state index contributed by atoms with van der Waals surface area (Å²) in [5.74, 6) is 0.0512. The van der Waals surface area contributed by atoms with Gasteiger partial charge in [0.15, 0.2) is 0 Å². The smallest absolute Gasteiger partial charge is 0.241 e. The molecule has 0 unspecified atom stereocenters. The van der Waals surface area contributed by atoms with Crippen molar-refractivity contribution in [3.8, 4) is 0 Å². The molecule has 32 heavy (non-hydrogen) atoms. The fourth-order valence-electron chi connectivity index (χ4n) is 3.97. The summed E-state index contributed by atoms with van der Waals surface area (Å²) in [6.45, 7) is 2.54. The molecule has 6 heteroatoms. The van der Waals surface area contributed by atoms with Crippen LogP contribution in [0.15, 0.2) is 78.4 Å². The van der Waals surface area contributed by atoms with Gasteiger partial charge in [0.05, 0.1) is 23.0 Å². The van der Waals surface area contributed by atoms with Gasteiger partial charge in [0, 0.05) is 22.0 Å². The van der Waals surface area contributed by atoms with E-state index in [1.807, 2.05) is 60.5 Å². The molecule has 0 spiro atoms. The van der Waals surface area contributed by atoms with Crippen LogP contribution in [0, 0.1) is 0 Å². The number of carbonyl (C=O) groups is 1. The molecule has 1 heterocycles. The Morgan fingerprint density at radius 2 is 1.59 bits per heavy atom. The Bertz CT molecular complexity index is 1140. The van der Waals surface area contributed by atoms with Crippen molar-refractivity contribution in [2.75, 3.05) is 11.6 Å². The monoisotopic (exact) mass is 484 g/mol. The molecular weight excluding hydrogens is 463 g/mol. The van der Waals surface area contributed by atoms with E-state index in [9.17, 15) is 4.79 Å². The van der Waals surface area contributed by atoms with Crippen LogP contribution in [0.4, 0.5) is 5.69 Å². The third kappa shape index (κ3) is 4.96. The summed E-state index contributed by atoms with van der Waals surface area (Å²) >= 11 is 18.8. The predicted octanol–water partition coefficient (Wildman–Crippen LogP) is 7.66. The topological polar surface area (TPSA) is 23.6 Å². The Labute approximate surface area is 203 Å². The lowest BCUT2D eigenvalue weighted by Gasteiger charge is -2.33. The molecule has 3 aromatic rings. The van der Waals surface area contributed by atoms with Crippen molar-refractivity contribution in [2.24, 2.45) is 0 Å². The Hall–Kier alpha value is -2.46. The first kappa shape index (κ1) is 22.7. The van der Waals surface area contributed by atoms with Gasteiger partial charge in [-0.3, -0.25) is 4.79 Å². The van der Waals surface area contributed by atoms with Gasteiger partial charge in [-0.1, -0.05) is 77.3 Å². The lowest BCUT2D eigenvalue weighted by Crippen LogP contribution is -2.42. The third-order valence-corrected chi connectivity index (χ3v) is 6.28. The Kier molecular flexibility index (Phi) is 7.10. The first-order valence-electron chi connectivity index (χ1n) is 10.5. The normalized spacial score (nSPS) is 13.8. The zero-order valence-electron chi connectivity index (χ0n) is 17.7. The average molecular weight is 486 g/mol. The number of amides is 1. The zero-order chi connectivity index (χ0) is 22.7. The van der Waals surface area contributed by atoms with E-state index in [4.69, 9.17) is 34.8 Å². The number of halogens is 3. The SMILES string of the molecule is CC1=C(c2ccc(Cl)cc2)N(c2ccc(Cl)cc2Cl)N(C(=O)CCCc2ccccc2)C1. The molecule has 3 aromatic carbocycles. The average Bonchev–Trinajstić information content (AvgIpc) is 3.12. The largest absolute Gasteiger partial charge is 0.273 e. The summed E-state index contributed by atoms with van der Waals surface area (Å²) in [7, 11) is 0.